The Morgan fingerprint density at radius 3 is 2.81 bits per heavy atom. The number of aryl methyl sites for hydroxylation is 1. The minimum Gasteiger partial charge on any atom is -0.375 e. The number of hydrogen-bond donors (Lipinski definition) is 1. The second-order valence-corrected chi connectivity index (χ2v) is 4.01. The Morgan fingerprint density at radius 1 is 1.38 bits per heavy atom. The molecule has 2 aromatic heterocycles. The van der Waals surface area contributed by atoms with Gasteiger partial charge in [-0.2, -0.15) is 5.10 Å². The normalized spacial score (nSPS) is 12.4. The third-order valence-electron chi connectivity index (χ3n) is 2.44. The number of nitrogens with zero attached hydrogens (tertiary/aromatic N) is 3. The Labute approximate surface area is 99.3 Å². The molecule has 0 saturated heterocycles. The van der Waals surface area contributed by atoms with E-state index in [0.717, 1.165) is 11.4 Å². The fourth-order valence-electron chi connectivity index (χ4n) is 1.60. The van der Waals surface area contributed by atoms with Crippen LogP contribution in [0.3, 0.4) is 0 Å². The number of aromatic nitrogens is 3. The molecular weight excluding hydrogens is 224 g/mol. The van der Waals surface area contributed by atoms with E-state index in [4.69, 9.17) is 11.6 Å². The van der Waals surface area contributed by atoms with E-state index >= 15 is 0 Å². The maximum atomic E-state index is 6.04. The van der Waals surface area contributed by atoms with Crippen LogP contribution in [0.4, 0.5) is 5.69 Å². The monoisotopic (exact) mass is 236 g/mol. The van der Waals surface area contributed by atoms with E-state index in [1.165, 1.54) is 0 Å². The molecule has 1 N–H and O–H groups in total. The molecule has 1 unspecified atom stereocenters. The van der Waals surface area contributed by atoms with Gasteiger partial charge in [0, 0.05) is 19.4 Å². The van der Waals surface area contributed by atoms with Gasteiger partial charge in [0.2, 0.25) is 0 Å². The molecular formula is C11H13ClN4. The summed E-state index contributed by atoms with van der Waals surface area (Å²) in [5, 5.41) is 8.10. The third kappa shape index (κ3) is 2.17. The van der Waals surface area contributed by atoms with Gasteiger partial charge < -0.3 is 5.32 Å². The molecule has 0 amide bonds. The molecule has 0 aliphatic heterocycles. The van der Waals surface area contributed by atoms with Gasteiger partial charge in [-0.05, 0) is 19.1 Å². The van der Waals surface area contributed by atoms with Crippen molar-refractivity contribution >= 4 is 17.3 Å². The molecule has 0 spiro atoms. The van der Waals surface area contributed by atoms with E-state index in [2.05, 4.69) is 22.3 Å². The maximum Gasteiger partial charge on any atom is 0.0721 e. The SMILES string of the molecule is CC(Nc1cnccc1Cl)c1ccnn1C. The Morgan fingerprint density at radius 2 is 2.19 bits per heavy atom. The summed E-state index contributed by atoms with van der Waals surface area (Å²) in [6, 6.07) is 3.87. The van der Waals surface area contributed by atoms with E-state index in [9.17, 15) is 0 Å². The number of nitrogens with one attached hydrogen (secondary N) is 1. The van der Waals surface area contributed by atoms with Crippen molar-refractivity contribution in [2.75, 3.05) is 5.32 Å². The predicted octanol–water partition coefficient (Wildman–Crippen LogP) is 2.64. The first-order valence-electron chi connectivity index (χ1n) is 5.02. The molecule has 0 aliphatic carbocycles. The van der Waals surface area contributed by atoms with Gasteiger partial charge in [-0.15, -0.1) is 0 Å². The van der Waals surface area contributed by atoms with Crippen molar-refractivity contribution in [3.05, 3.63) is 41.4 Å². The highest BCUT2D eigenvalue weighted by molar-refractivity contribution is 6.33. The van der Waals surface area contributed by atoms with Gasteiger partial charge in [-0.1, -0.05) is 11.6 Å². The first kappa shape index (κ1) is 11.0. The molecule has 1 atom stereocenters. The minimum atomic E-state index is 0.134. The summed E-state index contributed by atoms with van der Waals surface area (Å²) in [7, 11) is 1.92. The maximum absolute atomic E-state index is 6.04. The quantitative estimate of drug-likeness (QED) is 0.891. The highest BCUT2D eigenvalue weighted by Crippen LogP contribution is 2.24. The lowest BCUT2D eigenvalue weighted by molar-refractivity contribution is 0.675. The number of pyridine rings is 1. The summed E-state index contributed by atoms with van der Waals surface area (Å²) in [5.74, 6) is 0. The van der Waals surface area contributed by atoms with Crippen LogP contribution in [0, 0.1) is 0 Å². The highest BCUT2D eigenvalue weighted by atomic mass is 35.5. The van der Waals surface area contributed by atoms with E-state index < -0.39 is 0 Å². The van der Waals surface area contributed by atoms with Crippen molar-refractivity contribution in [3.8, 4) is 0 Å². The van der Waals surface area contributed by atoms with Crippen molar-refractivity contribution in [1.29, 1.82) is 0 Å². The number of hydrogen-bond acceptors (Lipinski definition) is 3. The molecule has 2 aromatic rings. The van der Waals surface area contributed by atoms with Crippen LogP contribution in [0.15, 0.2) is 30.7 Å². The molecule has 0 bridgehead atoms. The van der Waals surface area contributed by atoms with Crippen LogP contribution in [-0.2, 0) is 7.05 Å². The molecule has 2 heterocycles. The second-order valence-electron chi connectivity index (χ2n) is 3.60. The molecule has 0 saturated carbocycles. The molecule has 0 radical (unpaired) electrons. The van der Waals surface area contributed by atoms with Gasteiger partial charge in [-0.25, -0.2) is 0 Å². The summed E-state index contributed by atoms with van der Waals surface area (Å²) in [5.41, 5.74) is 1.93. The largest absolute Gasteiger partial charge is 0.375 e. The zero-order valence-electron chi connectivity index (χ0n) is 9.18. The number of rotatable bonds is 3. The third-order valence-corrected chi connectivity index (χ3v) is 2.77. The van der Waals surface area contributed by atoms with Gasteiger partial charge in [0.15, 0.2) is 0 Å². The summed E-state index contributed by atoms with van der Waals surface area (Å²) in [4.78, 5) is 4.03. The van der Waals surface area contributed by atoms with E-state index in [-0.39, 0.29) is 6.04 Å². The van der Waals surface area contributed by atoms with Crippen molar-refractivity contribution < 1.29 is 0 Å². The van der Waals surface area contributed by atoms with Gasteiger partial charge in [0.25, 0.3) is 0 Å². The lowest BCUT2D eigenvalue weighted by Crippen LogP contribution is -2.11. The fourth-order valence-corrected chi connectivity index (χ4v) is 1.76. The second kappa shape index (κ2) is 4.53. The molecule has 0 aliphatic rings. The van der Waals surface area contributed by atoms with Gasteiger partial charge in [0.05, 0.1) is 28.6 Å². The zero-order chi connectivity index (χ0) is 11.5. The lowest BCUT2D eigenvalue weighted by Gasteiger charge is -2.16. The molecule has 5 heteroatoms. The Balaban J connectivity index is 2.17. The molecule has 16 heavy (non-hydrogen) atoms. The minimum absolute atomic E-state index is 0.134. The average molecular weight is 237 g/mol. The van der Waals surface area contributed by atoms with Crippen molar-refractivity contribution in [3.63, 3.8) is 0 Å². The number of anilines is 1. The van der Waals surface area contributed by atoms with Crippen LogP contribution < -0.4 is 5.32 Å². The van der Waals surface area contributed by atoms with Crippen LogP contribution >= 0.6 is 11.6 Å². The Kier molecular flexibility index (Phi) is 3.10. The summed E-state index contributed by atoms with van der Waals surface area (Å²) < 4.78 is 1.84. The topological polar surface area (TPSA) is 42.7 Å². The molecule has 2 rings (SSSR count). The van der Waals surface area contributed by atoms with E-state index in [0.29, 0.717) is 5.02 Å². The van der Waals surface area contributed by atoms with Gasteiger partial charge >= 0.3 is 0 Å². The van der Waals surface area contributed by atoms with E-state index in [1.807, 2.05) is 17.8 Å². The van der Waals surface area contributed by atoms with Gasteiger partial charge in [-0.3, -0.25) is 9.67 Å². The standard InChI is InChI=1S/C11H13ClN4/c1-8(11-4-6-14-16(11)2)15-10-7-13-5-3-9(10)12/h3-8,15H,1-2H3. The lowest BCUT2D eigenvalue weighted by atomic mass is 10.2. The van der Waals surface area contributed by atoms with Crippen molar-refractivity contribution in [2.24, 2.45) is 7.05 Å². The fraction of sp³-hybridized carbons (Fsp3) is 0.273. The molecule has 4 nitrogen and oxygen atoms in total. The van der Waals surface area contributed by atoms with Crippen LogP contribution in [0.2, 0.25) is 5.02 Å². The molecule has 0 aromatic carbocycles. The zero-order valence-corrected chi connectivity index (χ0v) is 9.94. The average Bonchev–Trinajstić information content (AvgIpc) is 2.68. The van der Waals surface area contributed by atoms with Crippen LogP contribution in [0.25, 0.3) is 0 Å². The number of halogens is 1. The first-order valence-corrected chi connectivity index (χ1v) is 5.40. The molecule has 0 fully saturated rings. The summed E-state index contributed by atoms with van der Waals surface area (Å²) in [6.07, 6.45) is 5.16. The highest BCUT2D eigenvalue weighted by Gasteiger charge is 2.10. The van der Waals surface area contributed by atoms with Crippen molar-refractivity contribution in [1.82, 2.24) is 14.8 Å². The Hall–Kier alpha value is -1.55. The van der Waals surface area contributed by atoms with Gasteiger partial charge in [0.1, 0.15) is 0 Å². The molecule has 84 valence electrons. The Bertz CT molecular complexity index is 480. The van der Waals surface area contributed by atoms with Crippen LogP contribution in [0.1, 0.15) is 18.7 Å². The van der Waals surface area contributed by atoms with E-state index in [1.54, 1.807) is 24.7 Å². The smallest absolute Gasteiger partial charge is 0.0721 e. The van der Waals surface area contributed by atoms with Crippen LogP contribution in [0.5, 0.6) is 0 Å². The summed E-state index contributed by atoms with van der Waals surface area (Å²) in [6.45, 7) is 2.06. The van der Waals surface area contributed by atoms with Crippen LogP contribution in [-0.4, -0.2) is 14.8 Å². The van der Waals surface area contributed by atoms with Crippen molar-refractivity contribution in [2.45, 2.75) is 13.0 Å². The summed E-state index contributed by atoms with van der Waals surface area (Å²) >= 11 is 6.04. The predicted molar refractivity (Wildman–Crippen MR) is 64.5 cm³/mol. The first-order chi connectivity index (χ1) is 7.68.